The van der Waals surface area contributed by atoms with Gasteiger partial charge in [-0.05, 0) is 49.6 Å². The van der Waals surface area contributed by atoms with Crippen LogP contribution in [-0.2, 0) is 16.0 Å². The van der Waals surface area contributed by atoms with Gasteiger partial charge in [0.15, 0.2) is 0 Å². The molecule has 2 heteroatoms. The molecule has 0 atom stereocenters. The van der Waals surface area contributed by atoms with Gasteiger partial charge in [-0.1, -0.05) is 41.7 Å². The monoisotopic (exact) mass is 292 g/mol. The number of aryl methyl sites for hydroxylation is 2. The smallest absolute Gasteiger partial charge is 0.305 e. The predicted octanol–water partition coefficient (Wildman–Crippen LogP) is 3.89. The van der Waals surface area contributed by atoms with Gasteiger partial charge < -0.3 is 4.74 Å². The Morgan fingerprint density at radius 3 is 2.05 bits per heavy atom. The van der Waals surface area contributed by atoms with E-state index in [0.29, 0.717) is 6.42 Å². The van der Waals surface area contributed by atoms with E-state index in [2.05, 4.69) is 47.8 Å². The lowest BCUT2D eigenvalue weighted by molar-refractivity contribution is -0.140. The molecule has 0 spiro atoms. The molecule has 0 aromatic heterocycles. The van der Waals surface area contributed by atoms with Gasteiger partial charge >= 0.3 is 5.97 Å². The summed E-state index contributed by atoms with van der Waals surface area (Å²) in [5.74, 6) is 6.18. The zero-order valence-electron chi connectivity index (χ0n) is 13.1. The minimum absolute atomic E-state index is 0.152. The van der Waals surface area contributed by atoms with Gasteiger partial charge in [0, 0.05) is 17.5 Å². The molecule has 0 fully saturated rings. The van der Waals surface area contributed by atoms with Crippen LogP contribution in [0.1, 0.15) is 35.1 Å². The number of rotatable bonds is 4. The maximum atomic E-state index is 11.1. The minimum Gasteiger partial charge on any atom is -0.469 e. The number of benzene rings is 2. The van der Waals surface area contributed by atoms with E-state index < -0.39 is 0 Å². The van der Waals surface area contributed by atoms with Crippen molar-refractivity contribution in [3.63, 3.8) is 0 Å². The third-order valence-corrected chi connectivity index (χ3v) is 3.43. The topological polar surface area (TPSA) is 26.3 Å². The van der Waals surface area contributed by atoms with Crippen LogP contribution in [-0.4, -0.2) is 13.1 Å². The van der Waals surface area contributed by atoms with Crippen LogP contribution >= 0.6 is 0 Å². The Kier molecular flexibility index (Phi) is 5.80. The average molecular weight is 292 g/mol. The molecular formula is C20H20O2. The van der Waals surface area contributed by atoms with Gasteiger partial charge in [-0.15, -0.1) is 0 Å². The molecule has 2 rings (SSSR count). The highest BCUT2D eigenvalue weighted by molar-refractivity contribution is 5.69. The van der Waals surface area contributed by atoms with Crippen LogP contribution in [0, 0.1) is 18.8 Å². The van der Waals surface area contributed by atoms with E-state index >= 15 is 0 Å². The molecule has 0 aliphatic carbocycles. The molecule has 0 aliphatic heterocycles. The van der Waals surface area contributed by atoms with E-state index in [-0.39, 0.29) is 5.97 Å². The summed E-state index contributed by atoms with van der Waals surface area (Å²) in [6.45, 7) is 2.07. The van der Waals surface area contributed by atoms with Crippen molar-refractivity contribution in [2.24, 2.45) is 0 Å². The summed E-state index contributed by atoms with van der Waals surface area (Å²) < 4.78 is 4.63. The van der Waals surface area contributed by atoms with Crippen LogP contribution in [0.15, 0.2) is 48.5 Å². The molecule has 112 valence electrons. The number of carbonyl (C=O) groups is 1. The van der Waals surface area contributed by atoms with E-state index in [0.717, 1.165) is 24.0 Å². The predicted molar refractivity (Wildman–Crippen MR) is 88.6 cm³/mol. The number of esters is 1. The molecule has 0 unspecified atom stereocenters. The van der Waals surface area contributed by atoms with Gasteiger partial charge in [-0.3, -0.25) is 4.79 Å². The van der Waals surface area contributed by atoms with Crippen molar-refractivity contribution in [1.82, 2.24) is 0 Å². The van der Waals surface area contributed by atoms with Crippen molar-refractivity contribution < 1.29 is 9.53 Å². The standard InChI is InChI=1S/C20H20O2/c1-16-6-8-18(9-7-16)14-15-19-12-10-17(11-13-19)4-3-5-20(21)22-2/h6-13H,3-5H2,1-2H3. The van der Waals surface area contributed by atoms with Gasteiger partial charge in [0.05, 0.1) is 7.11 Å². The van der Waals surface area contributed by atoms with Crippen molar-refractivity contribution >= 4 is 5.97 Å². The molecule has 0 aliphatic rings. The van der Waals surface area contributed by atoms with Crippen molar-refractivity contribution in [1.29, 1.82) is 0 Å². The fourth-order valence-electron chi connectivity index (χ4n) is 2.07. The average Bonchev–Trinajstić information content (AvgIpc) is 2.55. The lowest BCUT2D eigenvalue weighted by Gasteiger charge is -2.01. The number of methoxy groups -OCH3 is 1. The van der Waals surface area contributed by atoms with Gasteiger partial charge in [0.2, 0.25) is 0 Å². The molecule has 0 amide bonds. The molecule has 0 saturated carbocycles. The Labute approximate surface area is 132 Å². The van der Waals surface area contributed by atoms with Gasteiger partial charge in [-0.2, -0.15) is 0 Å². The normalized spacial score (nSPS) is 9.73. The third kappa shape index (κ3) is 5.10. The molecule has 0 bridgehead atoms. The fourth-order valence-corrected chi connectivity index (χ4v) is 2.07. The number of hydrogen-bond acceptors (Lipinski definition) is 2. The van der Waals surface area contributed by atoms with E-state index in [1.54, 1.807) is 0 Å². The molecule has 2 nitrogen and oxygen atoms in total. The molecule has 22 heavy (non-hydrogen) atoms. The highest BCUT2D eigenvalue weighted by Crippen LogP contribution is 2.08. The molecule has 2 aromatic carbocycles. The third-order valence-electron chi connectivity index (χ3n) is 3.43. The summed E-state index contributed by atoms with van der Waals surface area (Å²) in [5, 5.41) is 0. The van der Waals surface area contributed by atoms with E-state index in [9.17, 15) is 4.79 Å². The summed E-state index contributed by atoms with van der Waals surface area (Å²) >= 11 is 0. The van der Waals surface area contributed by atoms with Crippen LogP contribution in [0.25, 0.3) is 0 Å². The molecule has 0 saturated heterocycles. The molecule has 2 aromatic rings. The summed E-state index contributed by atoms with van der Waals surface area (Å²) in [6, 6.07) is 16.4. The van der Waals surface area contributed by atoms with Gasteiger partial charge in [0.25, 0.3) is 0 Å². The quantitative estimate of drug-likeness (QED) is 0.631. The molecule has 0 N–H and O–H groups in total. The van der Waals surface area contributed by atoms with Crippen LogP contribution in [0.3, 0.4) is 0 Å². The highest BCUT2D eigenvalue weighted by Gasteiger charge is 2.00. The van der Waals surface area contributed by atoms with Crippen molar-refractivity contribution in [2.45, 2.75) is 26.2 Å². The Morgan fingerprint density at radius 2 is 1.50 bits per heavy atom. The summed E-state index contributed by atoms with van der Waals surface area (Å²) in [7, 11) is 1.42. The second kappa shape index (κ2) is 8.05. The molecular weight excluding hydrogens is 272 g/mol. The first kappa shape index (κ1) is 15.9. The Balaban J connectivity index is 1.92. The lowest BCUT2D eigenvalue weighted by atomic mass is 10.1. The zero-order chi connectivity index (χ0) is 15.8. The van der Waals surface area contributed by atoms with E-state index in [1.165, 1.54) is 18.2 Å². The number of hydrogen-bond donors (Lipinski definition) is 0. The highest BCUT2D eigenvalue weighted by atomic mass is 16.5. The number of carbonyl (C=O) groups excluding carboxylic acids is 1. The maximum Gasteiger partial charge on any atom is 0.305 e. The molecule has 0 radical (unpaired) electrons. The molecule has 0 heterocycles. The van der Waals surface area contributed by atoms with E-state index in [4.69, 9.17) is 0 Å². The van der Waals surface area contributed by atoms with Gasteiger partial charge in [-0.25, -0.2) is 0 Å². The largest absolute Gasteiger partial charge is 0.469 e. The summed E-state index contributed by atoms with van der Waals surface area (Å²) in [5.41, 5.74) is 4.47. The van der Waals surface area contributed by atoms with Crippen molar-refractivity contribution in [2.75, 3.05) is 7.11 Å². The summed E-state index contributed by atoms with van der Waals surface area (Å²) in [4.78, 5) is 11.1. The number of ether oxygens (including phenoxy) is 1. The summed E-state index contributed by atoms with van der Waals surface area (Å²) in [6.07, 6.45) is 2.15. The van der Waals surface area contributed by atoms with Crippen molar-refractivity contribution in [3.8, 4) is 11.8 Å². The SMILES string of the molecule is COC(=O)CCCc1ccc(C#Cc2ccc(C)cc2)cc1. The van der Waals surface area contributed by atoms with Gasteiger partial charge in [0.1, 0.15) is 0 Å². The Bertz CT molecular complexity index is 670. The van der Waals surface area contributed by atoms with Crippen molar-refractivity contribution in [3.05, 3.63) is 70.8 Å². The lowest BCUT2D eigenvalue weighted by Crippen LogP contribution is -2.00. The first-order valence-corrected chi connectivity index (χ1v) is 7.42. The maximum absolute atomic E-state index is 11.1. The van der Waals surface area contributed by atoms with Crippen LogP contribution in [0.4, 0.5) is 0 Å². The first-order chi connectivity index (χ1) is 10.7. The van der Waals surface area contributed by atoms with Crippen LogP contribution < -0.4 is 0 Å². The Hall–Kier alpha value is -2.53. The zero-order valence-corrected chi connectivity index (χ0v) is 13.1. The van der Waals surface area contributed by atoms with Crippen LogP contribution in [0.2, 0.25) is 0 Å². The minimum atomic E-state index is -0.152. The second-order valence-electron chi connectivity index (χ2n) is 5.24. The second-order valence-corrected chi connectivity index (χ2v) is 5.24. The van der Waals surface area contributed by atoms with Crippen LogP contribution in [0.5, 0.6) is 0 Å². The van der Waals surface area contributed by atoms with E-state index in [1.807, 2.05) is 24.3 Å². The Morgan fingerprint density at radius 1 is 0.955 bits per heavy atom. The fraction of sp³-hybridized carbons (Fsp3) is 0.250. The first-order valence-electron chi connectivity index (χ1n) is 7.42.